The normalized spacial score (nSPS) is 22.0. The van der Waals surface area contributed by atoms with Gasteiger partial charge >= 0.3 is 0 Å². The zero-order valence-corrected chi connectivity index (χ0v) is 16.8. The highest BCUT2D eigenvalue weighted by Gasteiger charge is 2.48. The van der Waals surface area contributed by atoms with E-state index in [9.17, 15) is 18.0 Å². The van der Waals surface area contributed by atoms with Crippen LogP contribution in [0.15, 0.2) is 59.8 Å². The molecule has 0 saturated carbocycles. The maximum absolute atomic E-state index is 13.0. The summed E-state index contributed by atoms with van der Waals surface area (Å²) in [5.41, 5.74) is 1.04. The lowest BCUT2D eigenvalue weighted by Gasteiger charge is -2.31. The summed E-state index contributed by atoms with van der Waals surface area (Å²) in [7, 11) is -3.67. The average Bonchev–Trinajstić information content (AvgIpc) is 2.94. The molecule has 0 N–H and O–H groups in total. The van der Waals surface area contributed by atoms with Crippen molar-refractivity contribution in [2.75, 3.05) is 5.75 Å². The molecule has 0 aliphatic carbocycles. The monoisotopic (exact) mass is 398 g/mol. The lowest BCUT2D eigenvalue weighted by molar-refractivity contribution is -0.131. The van der Waals surface area contributed by atoms with Crippen molar-refractivity contribution in [1.82, 2.24) is 9.88 Å². The van der Waals surface area contributed by atoms with Crippen LogP contribution in [0.25, 0.3) is 5.70 Å². The van der Waals surface area contributed by atoms with Gasteiger partial charge in [0.25, 0.3) is 0 Å². The van der Waals surface area contributed by atoms with E-state index in [0.717, 1.165) is 5.56 Å². The summed E-state index contributed by atoms with van der Waals surface area (Å²) >= 11 is 0. The van der Waals surface area contributed by atoms with E-state index in [2.05, 4.69) is 4.98 Å². The van der Waals surface area contributed by atoms with Crippen molar-refractivity contribution < 1.29 is 18.0 Å². The van der Waals surface area contributed by atoms with E-state index in [1.165, 1.54) is 11.8 Å². The van der Waals surface area contributed by atoms with E-state index in [1.54, 1.807) is 61.8 Å². The van der Waals surface area contributed by atoms with Crippen LogP contribution in [0.2, 0.25) is 0 Å². The minimum absolute atomic E-state index is 0.196. The quantitative estimate of drug-likeness (QED) is 0.723. The fraction of sp³-hybridized carbons (Fsp3) is 0.286. The molecule has 1 aromatic heterocycles. The van der Waals surface area contributed by atoms with E-state index in [1.807, 2.05) is 6.92 Å². The van der Waals surface area contributed by atoms with Crippen LogP contribution >= 0.6 is 0 Å². The van der Waals surface area contributed by atoms with E-state index in [4.69, 9.17) is 0 Å². The third-order valence-electron chi connectivity index (χ3n) is 4.99. The van der Waals surface area contributed by atoms with Crippen LogP contribution in [-0.2, 0) is 19.4 Å². The van der Waals surface area contributed by atoms with Crippen molar-refractivity contribution in [2.45, 2.75) is 31.7 Å². The minimum Gasteiger partial charge on any atom is -0.301 e. The SMILES string of the molecule is CC(=O)N1C(c2cccnc2)=CC(C)(CS(=O)(=O)c2ccc(C)cc2)C1C=O. The molecule has 0 fully saturated rings. The number of hydrogen-bond acceptors (Lipinski definition) is 5. The molecule has 0 saturated heterocycles. The number of aldehydes is 1. The van der Waals surface area contributed by atoms with E-state index >= 15 is 0 Å². The van der Waals surface area contributed by atoms with Crippen molar-refractivity contribution in [1.29, 1.82) is 0 Å². The van der Waals surface area contributed by atoms with Gasteiger partial charge in [0.15, 0.2) is 9.84 Å². The topological polar surface area (TPSA) is 84.4 Å². The Morgan fingerprint density at radius 3 is 2.46 bits per heavy atom. The standard InChI is InChI=1S/C21H22N2O4S/c1-15-6-8-18(9-7-15)28(26,27)14-21(3)11-19(17-5-4-10-22-12-17)23(16(2)25)20(21)13-24/h4-13,20H,14H2,1-3H3. The molecule has 0 spiro atoms. The maximum Gasteiger partial charge on any atom is 0.224 e. The van der Waals surface area contributed by atoms with Gasteiger partial charge in [-0.15, -0.1) is 0 Å². The first-order chi connectivity index (χ1) is 13.2. The number of carbonyl (C=O) groups excluding carboxylic acids is 2. The Morgan fingerprint density at radius 2 is 1.93 bits per heavy atom. The van der Waals surface area contributed by atoms with Crippen molar-refractivity contribution in [3.8, 4) is 0 Å². The number of benzene rings is 1. The summed E-state index contributed by atoms with van der Waals surface area (Å²) in [5, 5.41) is 0. The maximum atomic E-state index is 13.0. The number of pyridine rings is 1. The first kappa shape index (κ1) is 19.9. The molecule has 0 bridgehead atoms. The average molecular weight is 398 g/mol. The van der Waals surface area contributed by atoms with Crippen LogP contribution in [0.1, 0.15) is 25.0 Å². The third kappa shape index (κ3) is 3.62. The Morgan fingerprint density at radius 1 is 1.25 bits per heavy atom. The fourth-order valence-electron chi connectivity index (χ4n) is 3.60. The van der Waals surface area contributed by atoms with Gasteiger partial charge in [-0.1, -0.05) is 30.7 Å². The lowest BCUT2D eigenvalue weighted by atomic mass is 9.86. The predicted molar refractivity (Wildman–Crippen MR) is 106 cm³/mol. The van der Waals surface area contributed by atoms with Gasteiger partial charge in [0.05, 0.1) is 10.6 Å². The van der Waals surface area contributed by atoms with Crippen LogP contribution in [0, 0.1) is 12.3 Å². The van der Waals surface area contributed by atoms with Gasteiger partial charge in [0, 0.05) is 36.0 Å². The first-order valence-electron chi connectivity index (χ1n) is 8.86. The summed E-state index contributed by atoms with van der Waals surface area (Å²) in [6.07, 6.45) is 5.54. The molecule has 146 valence electrons. The van der Waals surface area contributed by atoms with Gasteiger partial charge in [0.2, 0.25) is 5.91 Å². The van der Waals surface area contributed by atoms with Gasteiger partial charge in [0.1, 0.15) is 12.3 Å². The number of aromatic nitrogens is 1. The number of carbonyl (C=O) groups is 2. The summed E-state index contributed by atoms with van der Waals surface area (Å²) in [6, 6.07) is 9.18. The molecule has 2 aromatic rings. The van der Waals surface area contributed by atoms with Crippen LogP contribution in [0.3, 0.4) is 0 Å². The molecular weight excluding hydrogens is 376 g/mol. The van der Waals surface area contributed by atoms with Gasteiger partial charge in [-0.3, -0.25) is 9.78 Å². The van der Waals surface area contributed by atoms with Gasteiger partial charge in [-0.05, 0) is 31.2 Å². The van der Waals surface area contributed by atoms with Crippen molar-refractivity contribution in [2.24, 2.45) is 5.41 Å². The molecule has 1 aliphatic heterocycles. The van der Waals surface area contributed by atoms with E-state index < -0.39 is 21.3 Å². The Balaban J connectivity index is 2.07. The highest BCUT2D eigenvalue weighted by Crippen LogP contribution is 2.42. The molecule has 7 heteroatoms. The van der Waals surface area contributed by atoms with Crippen molar-refractivity contribution in [3.05, 3.63) is 66.0 Å². The van der Waals surface area contributed by atoms with E-state index in [0.29, 0.717) is 17.5 Å². The first-order valence-corrected chi connectivity index (χ1v) is 10.5. The van der Waals surface area contributed by atoms with Gasteiger partial charge in [-0.2, -0.15) is 0 Å². The number of hydrogen-bond donors (Lipinski definition) is 0. The van der Waals surface area contributed by atoms with Gasteiger partial charge < -0.3 is 9.69 Å². The van der Waals surface area contributed by atoms with Crippen LogP contribution in [0.4, 0.5) is 0 Å². The Hall–Kier alpha value is -2.80. The van der Waals surface area contributed by atoms with Crippen LogP contribution in [0.5, 0.6) is 0 Å². The molecular formula is C21H22N2O4S. The molecule has 2 heterocycles. The highest BCUT2D eigenvalue weighted by atomic mass is 32.2. The van der Waals surface area contributed by atoms with Crippen LogP contribution in [-0.4, -0.2) is 42.3 Å². The van der Waals surface area contributed by atoms with Crippen molar-refractivity contribution in [3.63, 3.8) is 0 Å². The smallest absolute Gasteiger partial charge is 0.224 e. The summed E-state index contributed by atoms with van der Waals surface area (Å²) in [6.45, 7) is 4.93. The summed E-state index contributed by atoms with van der Waals surface area (Å²) in [5.74, 6) is -0.622. The molecule has 1 amide bonds. The lowest BCUT2D eigenvalue weighted by Crippen LogP contribution is -2.45. The number of rotatable bonds is 5. The summed E-state index contributed by atoms with van der Waals surface area (Å²) in [4.78, 5) is 29.9. The fourth-order valence-corrected chi connectivity index (χ4v) is 5.39. The largest absolute Gasteiger partial charge is 0.301 e. The number of amides is 1. The zero-order chi connectivity index (χ0) is 20.5. The molecule has 2 atom stereocenters. The second kappa shape index (κ2) is 7.31. The second-order valence-electron chi connectivity index (χ2n) is 7.32. The molecule has 28 heavy (non-hydrogen) atoms. The Bertz CT molecular complexity index is 1030. The minimum atomic E-state index is -3.67. The molecule has 0 radical (unpaired) electrons. The second-order valence-corrected chi connectivity index (χ2v) is 9.31. The van der Waals surface area contributed by atoms with E-state index in [-0.39, 0.29) is 16.6 Å². The number of nitrogens with zero attached hydrogens (tertiary/aromatic N) is 2. The molecule has 2 unspecified atom stereocenters. The Labute approximate surface area is 164 Å². The molecule has 3 rings (SSSR count). The predicted octanol–water partition coefficient (Wildman–Crippen LogP) is 2.64. The summed E-state index contributed by atoms with van der Waals surface area (Å²) < 4.78 is 26.0. The van der Waals surface area contributed by atoms with Crippen molar-refractivity contribution >= 4 is 27.7 Å². The number of aryl methyl sites for hydroxylation is 1. The zero-order valence-electron chi connectivity index (χ0n) is 16.0. The number of sulfone groups is 1. The Kier molecular flexibility index (Phi) is 5.21. The van der Waals surface area contributed by atoms with Crippen LogP contribution < -0.4 is 0 Å². The van der Waals surface area contributed by atoms with Gasteiger partial charge in [-0.25, -0.2) is 8.42 Å². The molecule has 1 aliphatic rings. The molecule has 6 nitrogen and oxygen atoms in total. The highest BCUT2D eigenvalue weighted by molar-refractivity contribution is 7.91. The molecule has 1 aromatic carbocycles. The third-order valence-corrected chi connectivity index (χ3v) is 6.98.